The monoisotopic (exact) mass is 553 g/mol. The molecule has 2 aliphatic rings. The standard InChI is InChI=1S/C24H30F3N3O2S.2ClH/c1-18(32-16-15-31)29-13-11-28(12-14-29)9-4-10-30-20-5-2-3-6-22(20)33-23-8-7-19(17-21(23)30)24(25,26)27;;/h2-3,5-8,17-18,31H,4,9-16H2,1H3;2*1H. The maximum absolute atomic E-state index is 13.4. The van der Waals surface area contributed by atoms with E-state index in [2.05, 4.69) is 9.80 Å². The molecule has 0 radical (unpaired) electrons. The van der Waals surface area contributed by atoms with Crippen LogP contribution in [0.25, 0.3) is 0 Å². The van der Waals surface area contributed by atoms with Gasteiger partial charge in [-0.15, -0.1) is 24.8 Å². The summed E-state index contributed by atoms with van der Waals surface area (Å²) in [5.41, 5.74) is 0.988. The summed E-state index contributed by atoms with van der Waals surface area (Å²) >= 11 is 1.52. The van der Waals surface area contributed by atoms with E-state index in [4.69, 9.17) is 9.84 Å². The zero-order valence-electron chi connectivity index (χ0n) is 19.5. The molecule has 1 fully saturated rings. The molecular weight excluding hydrogens is 522 g/mol. The van der Waals surface area contributed by atoms with E-state index in [0.717, 1.165) is 54.6 Å². The summed E-state index contributed by atoms with van der Waals surface area (Å²) in [6, 6.07) is 11.9. The third kappa shape index (κ3) is 7.41. The number of nitrogens with zero attached hydrogens (tertiary/aromatic N) is 3. The number of hydrogen-bond acceptors (Lipinski definition) is 6. The topological polar surface area (TPSA) is 39.2 Å². The van der Waals surface area contributed by atoms with Crippen molar-refractivity contribution in [3.05, 3.63) is 48.0 Å². The van der Waals surface area contributed by atoms with Gasteiger partial charge >= 0.3 is 6.18 Å². The summed E-state index contributed by atoms with van der Waals surface area (Å²) in [7, 11) is 0. The number of piperazine rings is 1. The lowest BCUT2D eigenvalue weighted by Gasteiger charge is -2.38. The van der Waals surface area contributed by atoms with E-state index in [-0.39, 0.29) is 37.6 Å². The molecule has 0 spiro atoms. The molecule has 35 heavy (non-hydrogen) atoms. The number of halogens is 5. The van der Waals surface area contributed by atoms with Crippen LogP contribution in [-0.4, -0.2) is 73.6 Å². The SMILES string of the molecule is CC(OCCO)N1CCN(CCCN2c3ccccc3Sc3ccc(C(F)(F)F)cc32)CC1.Cl.Cl. The number of alkyl halides is 3. The highest BCUT2D eigenvalue weighted by molar-refractivity contribution is 7.99. The average molecular weight is 555 g/mol. The zero-order valence-corrected chi connectivity index (χ0v) is 22.0. The number of aliphatic hydroxyl groups excluding tert-OH is 1. The van der Waals surface area contributed by atoms with Gasteiger partial charge in [0.25, 0.3) is 0 Å². The molecular formula is C24H32Cl2F3N3O2S. The Hall–Kier alpha value is -1.20. The second-order valence-electron chi connectivity index (χ2n) is 8.33. The van der Waals surface area contributed by atoms with Gasteiger partial charge in [0, 0.05) is 42.5 Å². The molecule has 2 heterocycles. The summed E-state index contributed by atoms with van der Waals surface area (Å²) in [5.74, 6) is 0. The lowest BCUT2D eigenvalue weighted by molar-refractivity contribution is -0.137. The van der Waals surface area contributed by atoms with Crippen LogP contribution in [0.4, 0.5) is 24.5 Å². The van der Waals surface area contributed by atoms with Gasteiger partial charge < -0.3 is 19.6 Å². The summed E-state index contributed by atoms with van der Waals surface area (Å²) < 4.78 is 45.7. The fourth-order valence-corrected chi connectivity index (χ4v) is 5.45. The maximum Gasteiger partial charge on any atom is 0.416 e. The Morgan fingerprint density at radius 2 is 1.66 bits per heavy atom. The highest BCUT2D eigenvalue weighted by Crippen LogP contribution is 2.49. The van der Waals surface area contributed by atoms with Gasteiger partial charge in [0.05, 0.1) is 30.2 Å². The van der Waals surface area contributed by atoms with Gasteiger partial charge in [-0.2, -0.15) is 13.2 Å². The van der Waals surface area contributed by atoms with Crippen LogP contribution in [0.2, 0.25) is 0 Å². The molecule has 0 bridgehead atoms. The fourth-order valence-electron chi connectivity index (χ4n) is 4.38. The third-order valence-electron chi connectivity index (χ3n) is 6.18. The molecule has 196 valence electrons. The van der Waals surface area contributed by atoms with Gasteiger partial charge in [-0.25, -0.2) is 0 Å². The molecule has 11 heteroatoms. The van der Waals surface area contributed by atoms with E-state index < -0.39 is 11.7 Å². The van der Waals surface area contributed by atoms with Crippen LogP contribution in [0, 0.1) is 0 Å². The first-order valence-corrected chi connectivity index (χ1v) is 12.1. The summed E-state index contributed by atoms with van der Waals surface area (Å²) in [4.78, 5) is 8.62. The molecule has 5 nitrogen and oxygen atoms in total. The first-order chi connectivity index (χ1) is 15.9. The molecule has 0 saturated carbocycles. The molecule has 1 saturated heterocycles. The minimum atomic E-state index is -4.36. The highest BCUT2D eigenvalue weighted by Gasteiger charge is 2.33. The zero-order chi connectivity index (χ0) is 23.4. The van der Waals surface area contributed by atoms with Crippen LogP contribution < -0.4 is 4.90 Å². The van der Waals surface area contributed by atoms with Crippen LogP contribution in [0.5, 0.6) is 0 Å². The lowest BCUT2D eigenvalue weighted by Crippen LogP contribution is -2.50. The second kappa shape index (κ2) is 13.4. The van der Waals surface area contributed by atoms with Crippen molar-refractivity contribution in [1.82, 2.24) is 9.80 Å². The van der Waals surface area contributed by atoms with E-state index in [1.165, 1.54) is 23.9 Å². The summed E-state index contributed by atoms with van der Waals surface area (Å²) in [6.07, 6.45) is -3.52. The Morgan fingerprint density at radius 1 is 0.971 bits per heavy atom. The van der Waals surface area contributed by atoms with Crippen LogP contribution in [0.1, 0.15) is 18.9 Å². The molecule has 1 atom stereocenters. The second-order valence-corrected chi connectivity index (χ2v) is 9.41. The maximum atomic E-state index is 13.4. The molecule has 2 aromatic carbocycles. The van der Waals surface area contributed by atoms with E-state index >= 15 is 0 Å². The normalized spacial score (nSPS) is 17.1. The Bertz CT molecular complexity index is 946. The fraction of sp³-hybridized carbons (Fsp3) is 0.500. The summed E-state index contributed by atoms with van der Waals surface area (Å²) in [5, 5.41) is 8.92. The predicted octanol–water partition coefficient (Wildman–Crippen LogP) is 5.51. The van der Waals surface area contributed by atoms with E-state index in [1.54, 1.807) is 6.07 Å². The minimum Gasteiger partial charge on any atom is -0.394 e. The smallest absolute Gasteiger partial charge is 0.394 e. The average Bonchev–Trinajstić information content (AvgIpc) is 2.81. The van der Waals surface area contributed by atoms with Gasteiger partial charge in [-0.1, -0.05) is 23.9 Å². The molecule has 1 N–H and O–H groups in total. The van der Waals surface area contributed by atoms with Crippen molar-refractivity contribution >= 4 is 48.0 Å². The third-order valence-corrected chi connectivity index (χ3v) is 7.31. The molecule has 0 aromatic heterocycles. The van der Waals surface area contributed by atoms with Crippen molar-refractivity contribution in [2.24, 2.45) is 0 Å². The van der Waals surface area contributed by atoms with Gasteiger partial charge in [0.2, 0.25) is 0 Å². The van der Waals surface area contributed by atoms with Gasteiger partial charge in [-0.05, 0) is 50.2 Å². The molecule has 4 rings (SSSR count). The number of fused-ring (bicyclic) bond motifs is 2. The van der Waals surface area contributed by atoms with Crippen LogP contribution >= 0.6 is 36.6 Å². The first-order valence-electron chi connectivity index (χ1n) is 11.3. The van der Waals surface area contributed by atoms with Crippen LogP contribution in [0.15, 0.2) is 52.3 Å². The molecule has 2 aromatic rings. The number of benzene rings is 2. The van der Waals surface area contributed by atoms with Gasteiger partial charge in [-0.3, -0.25) is 4.90 Å². The number of hydrogen-bond donors (Lipinski definition) is 1. The minimum absolute atomic E-state index is 0. The Balaban J connectivity index is 0.00000216. The predicted molar refractivity (Wildman–Crippen MR) is 139 cm³/mol. The molecule has 1 unspecified atom stereocenters. The van der Waals surface area contributed by atoms with Gasteiger partial charge in [0.1, 0.15) is 6.23 Å². The van der Waals surface area contributed by atoms with Crippen LogP contribution in [-0.2, 0) is 10.9 Å². The quantitative estimate of drug-likeness (QED) is 0.464. The van der Waals surface area contributed by atoms with Crippen molar-refractivity contribution in [2.75, 3.05) is 57.4 Å². The lowest BCUT2D eigenvalue weighted by atomic mass is 10.1. The Kier molecular flexibility index (Phi) is 11.5. The molecule has 0 amide bonds. The van der Waals surface area contributed by atoms with Crippen molar-refractivity contribution in [2.45, 2.75) is 35.5 Å². The highest BCUT2D eigenvalue weighted by atomic mass is 35.5. The Morgan fingerprint density at radius 3 is 2.34 bits per heavy atom. The van der Waals surface area contributed by atoms with E-state index in [9.17, 15) is 13.2 Å². The number of para-hydroxylation sites is 1. The number of aliphatic hydroxyl groups is 1. The van der Waals surface area contributed by atoms with Crippen molar-refractivity contribution in [1.29, 1.82) is 0 Å². The van der Waals surface area contributed by atoms with E-state index in [0.29, 0.717) is 18.8 Å². The number of ether oxygens (including phenoxy) is 1. The molecule has 2 aliphatic heterocycles. The first kappa shape index (κ1) is 30.0. The Labute approximate surface area is 221 Å². The van der Waals surface area contributed by atoms with E-state index in [1.807, 2.05) is 36.1 Å². The van der Waals surface area contributed by atoms with Gasteiger partial charge in [0.15, 0.2) is 0 Å². The summed E-state index contributed by atoms with van der Waals surface area (Å²) in [6.45, 7) is 7.56. The van der Waals surface area contributed by atoms with Crippen molar-refractivity contribution in [3.63, 3.8) is 0 Å². The largest absolute Gasteiger partial charge is 0.416 e. The van der Waals surface area contributed by atoms with Crippen LogP contribution in [0.3, 0.4) is 0 Å². The molecule has 0 aliphatic carbocycles. The van der Waals surface area contributed by atoms with Crippen molar-refractivity contribution < 1.29 is 23.0 Å². The number of anilines is 2. The van der Waals surface area contributed by atoms with Crippen molar-refractivity contribution in [3.8, 4) is 0 Å². The number of rotatable bonds is 8.